The summed E-state index contributed by atoms with van der Waals surface area (Å²) >= 11 is 12.4. The summed E-state index contributed by atoms with van der Waals surface area (Å²) in [6.07, 6.45) is 2.14. The number of halogens is 2. The molecular formula is C20H18Cl2N2O5. The quantitative estimate of drug-likeness (QED) is 0.489. The van der Waals surface area contributed by atoms with Crippen molar-refractivity contribution in [2.24, 2.45) is 5.73 Å². The number of phenolic OH excluding ortho intramolecular Hbond substituents is 1. The number of nitrogens with two attached hydrogens (primary N) is 1. The van der Waals surface area contributed by atoms with Gasteiger partial charge in [0.1, 0.15) is 17.6 Å². The number of aromatic hydroxyl groups is 1. The first-order valence-corrected chi connectivity index (χ1v) is 9.42. The van der Waals surface area contributed by atoms with E-state index in [0.717, 1.165) is 5.56 Å². The van der Waals surface area contributed by atoms with Gasteiger partial charge in [-0.15, -0.1) is 0 Å². The Morgan fingerprint density at radius 2 is 1.86 bits per heavy atom. The van der Waals surface area contributed by atoms with Crippen molar-refractivity contribution >= 4 is 29.2 Å². The number of ether oxygens (including phenoxy) is 1. The van der Waals surface area contributed by atoms with Gasteiger partial charge in [0.25, 0.3) is 0 Å². The summed E-state index contributed by atoms with van der Waals surface area (Å²) in [6, 6.07) is 8.66. The molecule has 0 saturated heterocycles. The Bertz CT molecular complexity index is 981. The van der Waals surface area contributed by atoms with Crippen molar-refractivity contribution in [1.29, 1.82) is 0 Å². The Hall–Kier alpha value is -2.74. The predicted octanol–water partition coefficient (Wildman–Crippen LogP) is 3.93. The molecule has 0 saturated carbocycles. The second-order valence-electron chi connectivity index (χ2n) is 6.31. The summed E-state index contributed by atoms with van der Waals surface area (Å²) in [5.74, 6) is 0.425. The van der Waals surface area contributed by atoms with Gasteiger partial charge >= 0.3 is 5.97 Å². The first-order chi connectivity index (χ1) is 13.8. The third kappa shape index (κ3) is 5.41. The van der Waals surface area contributed by atoms with E-state index in [2.05, 4.69) is 4.98 Å². The van der Waals surface area contributed by atoms with E-state index >= 15 is 0 Å². The minimum atomic E-state index is -1.10. The molecule has 2 aromatic carbocycles. The highest BCUT2D eigenvalue weighted by Gasteiger charge is 2.16. The number of benzene rings is 2. The van der Waals surface area contributed by atoms with Crippen molar-refractivity contribution in [3.8, 4) is 23.0 Å². The Morgan fingerprint density at radius 3 is 2.48 bits per heavy atom. The van der Waals surface area contributed by atoms with Crippen LogP contribution in [-0.2, 0) is 17.6 Å². The lowest BCUT2D eigenvalue weighted by Crippen LogP contribution is -2.32. The van der Waals surface area contributed by atoms with Crippen LogP contribution in [0.25, 0.3) is 11.5 Å². The number of aromatic nitrogens is 1. The van der Waals surface area contributed by atoms with Gasteiger partial charge in [0, 0.05) is 12.0 Å². The number of hydrogen-bond donors (Lipinski definition) is 3. The van der Waals surface area contributed by atoms with Crippen LogP contribution in [-0.4, -0.2) is 33.8 Å². The van der Waals surface area contributed by atoms with E-state index in [-0.39, 0.29) is 28.8 Å². The average Bonchev–Trinajstić information content (AvgIpc) is 3.13. The highest BCUT2D eigenvalue weighted by molar-refractivity contribution is 6.37. The van der Waals surface area contributed by atoms with Gasteiger partial charge in [-0.1, -0.05) is 23.2 Å². The normalized spacial score (nSPS) is 12.0. The van der Waals surface area contributed by atoms with Crippen molar-refractivity contribution in [1.82, 2.24) is 4.98 Å². The molecule has 1 aromatic heterocycles. The summed E-state index contributed by atoms with van der Waals surface area (Å²) < 4.78 is 11.4. The van der Waals surface area contributed by atoms with Crippen LogP contribution in [0.2, 0.25) is 10.0 Å². The number of hydrogen-bond acceptors (Lipinski definition) is 6. The van der Waals surface area contributed by atoms with Crippen molar-refractivity contribution < 1.29 is 24.2 Å². The summed E-state index contributed by atoms with van der Waals surface area (Å²) in [4.78, 5) is 15.1. The van der Waals surface area contributed by atoms with Crippen LogP contribution in [0.1, 0.15) is 11.3 Å². The molecule has 0 aliphatic rings. The molecule has 7 nitrogen and oxygen atoms in total. The second-order valence-corrected chi connectivity index (χ2v) is 7.13. The Labute approximate surface area is 176 Å². The fourth-order valence-corrected chi connectivity index (χ4v) is 3.26. The van der Waals surface area contributed by atoms with Gasteiger partial charge in [0.2, 0.25) is 5.89 Å². The van der Waals surface area contributed by atoms with Gasteiger partial charge in [-0.3, -0.25) is 4.79 Å². The highest BCUT2D eigenvalue weighted by Crippen LogP contribution is 2.34. The molecule has 0 bridgehead atoms. The molecule has 0 aliphatic heterocycles. The number of oxazole rings is 1. The molecule has 0 radical (unpaired) electrons. The number of nitrogens with zero attached hydrogens (tertiary/aromatic N) is 1. The van der Waals surface area contributed by atoms with Crippen LogP contribution in [0.5, 0.6) is 11.5 Å². The monoisotopic (exact) mass is 436 g/mol. The van der Waals surface area contributed by atoms with Crippen LogP contribution in [0.3, 0.4) is 0 Å². The standard InChI is InChI=1S/C20H18Cl2N2O5/c21-15-7-11(9-17(23)20(26)27)8-16(22)18(15)28-6-5-14-10-24-19(29-14)12-1-3-13(25)4-2-12/h1-4,7-8,10,17,25H,5-6,9,23H2,(H,26,27). The number of phenols is 1. The third-order valence-corrected chi connectivity index (χ3v) is 4.66. The van der Waals surface area contributed by atoms with E-state index in [4.69, 9.17) is 43.2 Å². The zero-order valence-electron chi connectivity index (χ0n) is 15.1. The molecule has 0 fully saturated rings. The molecule has 3 aromatic rings. The van der Waals surface area contributed by atoms with E-state index < -0.39 is 12.0 Å². The first kappa shape index (κ1) is 21.0. The number of aliphatic carboxylic acids is 1. The summed E-state index contributed by atoms with van der Waals surface area (Å²) in [7, 11) is 0. The van der Waals surface area contributed by atoms with Gasteiger partial charge in [-0.05, 0) is 48.4 Å². The molecule has 1 heterocycles. The van der Waals surface area contributed by atoms with Crippen molar-refractivity contribution in [3.63, 3.8) is 0 Å². The second kappa shape index (κ2) is 9.17. The molecule has 0 amide bonds. The van der Waals surface area contributed by atoms with Crippen LogP contribution in [0.15, 0.2) is 47.0 Å². The largest absolute Gasteiger partial charge is 0.508 e. The molecule has 0 spiro atoms. The number of carbonyl (C=O) groups is 1. The fraction of sp³-hybridized carbons (Fsp3) is 0.200. The maximum Gasteiger partial charge on any atom is 0.320 e. The minimum Gasteiger partial charge on any atom is -0.508 e. The zero-order chi connectivity index (χ0) is 21.0. The summed E-state index contributed by atoms with van der Waals surface area (Å²) in [5, 5.41) is 18.8. The Balaban J connectivity index is 1.60. The van der Waals surface area contributed by atoms with E-state index in [1.807, 2.05) is 0 Å². The molecule has 1 atom stereocenters. The molecule has 9 heteroatoms. The maximum atomic E-state index is 10.9. The van der Waals surface area contributed by atoms with Crippen LogP contribution < -0.4 is 10.5 Å². The predicted molar refractivity (Wildman–Crippen MR) is 109 cm³/mol. The molecule has 29 heavy (non-hydrogen) atoms. The maximum absolute atomic E-state index is 10.9. The van der Waals surface area contributed by atoms with Gasteiger partial charge in [0.05, 0.1) is 22.8 Å². The topological polar surface area (TPSA) is 119 Å². The molecule has 0 aliphatic carbocycles. The number of carboxylic acid groups (broad SMARTS) is 1. The third-order valence-electron chi connectivity index (χ3n) is 4.09. The van der Waals surface area contributed by atoms with Crippen molar-refractivity contribution in [2.45, 2.75) is 18.9 Å². The highest BCUT2D eigenvalue weighted by atomic mass is 35.5. The van der Waals surface area contributed by atoms with E-state index in [9.17, 15) is 9.90 Å². The van der Waals surface area contributed by atoms with Gasteiger partial charge in [0.15, 0.2) is 5.75 Å². The number of carboxylic acids is 1. The van der Waals surface area contributed by atoms with Gasteiger partial charge < -0.3 is 25.1 Å². The molecule has 4 N–H and O–H groups in total. The van der Waals surface area contributed by atoms with Gasteiger partial charge in [-0.25, -0.2) is 4.98 Å². The van der Waals surface area contributed by atoms with Crippen LogP contribution in [0.4, 0.5) is 0 Å². The van der Waals surface area contributed by atoms with E-state index in [0.29, 0.717) is 29.4 Å². The molecule has 152 valence electrons. The molecule has 1 unspecified atom stereocenters. The van der Waals surface area contributed by atoms with Crippen molar-refractivity contribution in [3.05, 3.63) is 64.0 Å². The Kier molecular flexibility index (Phi) is 6.64. The van der Waals surface area contributed by atoms with E-state index in [1.54, 1.807) is 42.6 Å². The summed E-state index contributed by atoms with van der Waals surface area (Å²) in [5.41, 5.74) is 6.89. The molecular weight excluding hydrogens is 419 g/mol. The summed E-state index contributed by atoms with van der Waals surface area (Å²) in [6.45, 7) is 0.248. The lowest BCUT2D eigenvalue weighted by molar-refractivity contribution is -0.138. The number of rotatable bonds is 8. The molecule has 3 rings (SSSR count). The average molecular weight is 437 g/mol. The van der Waals surface area contributed by atoms with Gasteiger partial charge in [-0.2, -0.15) is 0 Å². The van der Waals surface area contributed by atoms with Crippen molar-refractivity contribution in [2.75, 3.05) is 6.61 Å². The minimum absolute atomic E-state index is 0.104. The zero-order valence-corrected chi connectivity index (χ0v) is 16.7. The first-order valence-electron chi connectivity index (χ1n) is 8.66. The van der Waals surface area contributed by atoms with Crippen LogP contribution >= 0.6 is 23.2 Å². The lowest BCUT2D eigenvalue weighted by atomic mass is 10.1. The Morgan fingerprint density at radius 1 is 1.21 bits per heavy atom. The lowest BCUT2D eigenvalue weighted by Gasteiger charge is -2.12. The SMILES string of the molecule is NC(Cc1cc(Cl)c(OCCc2cnc(-c3ccc(O)cc3)o2)c(Cl)c1)C(=O)O. The van der Waals surface area contributed by atoms with Crippen LogP contribution in [0, 0.1) is 0 Å². The smallest absolute Gasteiger partial charge is 0.320 e. The van der Waals surface area contributed by atoms with E-state index in [1.165, 1.54) is 0 Å². The fourth-order valence-electron chi connectivity index (χ4n) is 2.62.